The van der Waals surface area contributed by atoms with Crippen molar-refractivity contribution in [3.05, 3.63) is 78.0 Å². The number of alkyl halides is 3. The Bertz CT molecular complexity index is 1080. The third-order valence-electron chi connectivity index (χ3n) is 4.46. The van der Waals surface area contributed by atoms with Crippen LogP contribution in [0.25, 0.3) is 0 Å². The molecule has 0 aliphatic rings. The fourth-order valence-electron chi connectivity index (χ4n) is 2.74. The van der Waals surface area contributed by atoms with Crippen LogP contribution in [0, 0.1) is 0 Å². The second-order valence-electron chi connectivity index (χ2n) is 6.86. The molecule has 0 unspecified atom stereocenters. The first-order chi connectivity index (χ1) is 15.7. The molecule has 3 aromatic rings. The van der Waals surface area contributed by atoms with E-state index in [2.05, 4.69) is 20.4 Å². The summed E-state index contributed by atoms with van der Waals surface area (Å²) in [5.74, 6) is 0.567. The highest BCUT2D eigenvalue weighted by Gasteiger charge is 2.29. The maximum atomic E-state index is 12.6. The highest BCUT2D eigenvalue weighted by molar-refractivity contribution is 5.99. The molecule has 0 saturated heterocycles. The molecule has 33 heavy (non-hydrogen) atoms. The number of rotatable bonds is 7. The number of pyridine rings is 1. The van der Waals surface area contributed by atoms with E-state index >= 15 is 0 Å². The van der Waals surface area contributed by atoms with Crippen LogP contribution in [0.2, 0.25) is 0 Å². The quantitative estimate of drug-likeness (QED) is 0.446. The van der Waals surface area contributed by atoms with Crippen molar-refractivity contribution in [2.24, 2.45) is 0 Å². The molecule has 0 saturated carbocycles. The molecule has 2 aromatic carbocycles. The second kappa shape index (κ2) is 10.5. The average molecular weight is 459 g/mol. The molecular weight excluding hydrogens is 439 g/mol. The molecule has 0 aliphatic carbocycles. The number of anilines is 2. The lowest BCUT2D eigenvalue weighted by atomic mass is 10.1. The fraction of sp³-hybridized carbons (Fsp3) is 0.174. The van der Waals surface area contributed by atoms with Crippen molar-refractivity contribution in [1.29, 1.82) is 0 Å². The number of hydrogen-bond acceptors (Lipinski definition) is 5. The summed E-state index contributed by atoms with van der Waals surface area (Å²) in [6.07, 6.45) is -2.21. The van der Waals surface area contributed by atoms with Crippen LogP contribution in [-0.2, 0) is 22.1 Å². The monoisotopic (exact) mass is 459 g/mol. The van der Waals surface area contributed by atoms with Crippen LogP contribution in [0.4, 0.5) is 29.3 Å². The number of aryl methyl sites for hydroxylation is 1. The van der Waals surface area contributed by atoms with E-state index in [1.807, 2.05) is 12.1 Å². The van der Waals surface area contributed by atoms with Crippen molar-refractivity contribution in [3.8, 4) is 11.6 Å². The minimum Gasteiger partial charge on any atom is -0.469 e. The first-order valence-electron chi connectivity index (χ1n) is 9.78. The van der Waals surface area contributed by atoms with Gasteiger partial charge in [-0.2, -0.15) is 13.2 Å². The van der Waals surface area contributed by atoms with Gasteiger partial charge >= 0.3 is 18.2 Å². The summed E-state index contributed by atoms with van der Waals surface area (Å²) in [5.41, 5.74) is 0.733. The Morgan fingerprint density at radius 1 is 0.909 bits per heavy atom. The largest absolute Gasteiger partial charge is 0.469 e. The van der Waals surface area contributed by atoms with Crippen molar-refractivity contribution < 1.29 is 32.2 Å². The second-order valence-corrected chi connectivity index (χ2v) is 6.86. The van der Waals surface area contributed by atoms with E-state index in [1.165, 1.54) is 13.3 Å². The summed E-state index contributed by atoms with van der Waals surface area (Å²) in [7, 11) is 1.35. The number of amides is 2. The van der Waals surface area contributed by atoms with Gasteiger partial charge in [-0.25, -0.2) is 9.78 Å². The fourth-order valence-corrected chi connectivity index (χ4v) is 2.74. The molecule has 3 rings (SSSR count). The van der Waals surface area contributed by atoms with E-state index in [0.29, 0.717) is 30.2 Å². The van der Waals surface area contributed by atoms with E-state index in [-0.39, 0.29) is 11.7 Å². The first kappa shape index (κ1) is 23.6. The molecule has 7 nitrogen and oxygen atoms in total. The van der Waals surface area contributed by atoms with Crippen molar-refractivity contribution in [3.63, 3.8) is 0 Å². The number of nitrogens with zero attached hydrogens (tertiary/aromatic N) is 1. The number of carbonyl (C=O) groups excluding carboxylic acids is 2. The summed E-state index contributed by atoms with van der Waals surface area (Å²) in [5, 5.41) is 4.98. The number of esters is 1. The summed E-state index contributed by atoms with van der Waals surface area (Å²) < 4.78 is 48.1. The van der Waals surface area contributed by atoms with Gasteiger partial charge in [0.15, 0.2) is 0 Å². The summed E-state index contributed by atoms with van der Waals surface area (Å²) in [6, 6.07) is 13.8. The van der Waals surface area contributed by atoms with Crippen LogP contribution < -0.4 is 15.4 Å². The van der Waals surface area contributed by atoms with Crippen LogP contribution in [0.15, 0.2) is 66.9 Å². The third kappa shape index (κ3) is 7.23. The molecule has 0 aliphatic heterocycles. The maximum Gasteiger partial charge on any atom is 0.416 e. The van der Waals surface area contributed by atoms with Crippen molar-refractivity contribution in [2.45, 2.75) is 19.0 Å². The van der Waals surface area contributed by atoms with Crippen molar-refractivity contribution in [1.82, 2.24) is 4.98 Å². The van der Waals surface area contributed by atoms with Crippen LogP contribution in [0.5, 0.6) is 11.6 Å². The number of methoxy groups -OCH3 is 1. The molecular formula is C23H20F3N3O4. The summed E-state index contributed by atoms with van der Waals surface area (Å²) in [4.78, 5) is 27.4. The van der Waals surface area contributed by atoms with Crippen LogP contribution >= 0.6 is 0 Å². The van der Waals surface area contributed by atoms with Gasteiger partial charge < -0.3 is 20.1 Å². The summed E-state index contributed by atoms with van der Waals surface area (Å²) >= 11 is 0. The Morgan fingerprint density at radius 3 is 2.12 bits per heavy atom. The lowest BCUT2D eigenvalue weighted by Crippen LogP contribution is -2.19. The molecule has 0 spiro atoms. The van der Waals surface area contributed by atoms with Crippen LogP contribution in [0.3, 0.4) is 0 Å². The molecule has 0 atom stereocenters. The van der Waals surface area contributed by atoms with Gasteiger partial charge in [-0.1, -0.05) is 12.1 Å². The number of aromatic nitrogens is 1. The minimum atomic E-state index is -4.44. The van der Waals surface area contributed by atoms with E-state index in [4.69, 9.17) is 4.74 Å². The van der Waals surface area contributed by atoms with Crippen LogP contribution in [-0.4, -0.2) is 24.1 Å². The normalized spacial score (nSPS) is 10.9. The SMILES string of the molecule is COC(=O)CCc1ccc(Oc2ccc(NC(=O)Nc3ccc(C(F)(F)F)cc3)cn2)cc1. The predicted molar refractivity (Wildman–Crippen MR) is 115 cm³/mol. The zero-order valence-electron chi connectivity index (χ0n) is 17.5. The summed E-state index contributed by atoms with van der Waals surface area (Å²) in [6.45, 7) is 0. The molecule has 2 amide bonds. The Labute approximate surface area is 187 Å². The Kier molecular flexibility index (Phi) is 7.50. The van der Waals surface area contributed by atoms with Crippen molar-refractivity contribution in [2.75, 3.05) is 17.7 Å². The molecule has 0 fully saturated rings. The molecule has 1 heterocycles. The van der Waals surface area contributed by atoms with Gasteiger partial charge in [0.2, 0.25) is 5.88 Å². The number of nitrogens with one attached hydrogen (secondary N) is 2. The van der Waals surface area contributed by atoms with Gasteiger partial charge in [-0.3, -0.25) is 4.79 Å². The maximum absolute atomic E-state index is 12.6. The zero-order valence-corrected chi connectivity index (χ0v) is 17.5. The Balaban J connectivity index is 1.50. The lowest BCUT2D eigenvalue weighted by molar-refractivity contribution is -0.140. The van der Waals surface area contributed by atoms with Gasteiger partial charge in [0.25, 0.3) is 0 Å². The smallest absolute Gasteiger partial charge is 0.416 e. The van der Waals surface area contributed by atoms with Gasteiger partial charge in [-0.05, 0) is 54.4 Å². The number of benzene rings is 2. The molecule has 10 heteroatoms. The molecule has 1 aromatic heterocycles. The van der Waals surface area contributed by atoms with E-state index in [9.17, 15) is 22.8 Å². The van der Waals surface area contributed by atoms with E-state index < -0.39 is 17.8 Å². The average Bonchev–Trinajstić information content (AvgIpc) is 2.79. The van der Waals surface area contributed by atoms with Gasteiger partial charge in [0.1, 0.15) is 5.75 Å². The van der Waals surface area contributed by atoms with Gasteiger partial charge in [0, 0.05) is 18.2 Å². The highest BCUT2D eigenvalue weighted by Crippen LogP contribution is 2.30. The topological polar surface area (TPSA) is 89.5 Å². The highest BCUT2D eigenvalue weighted by atomic mass is 19.4. The number of carbonyl (C=O) groups is 2. The van der Waals surface area contributed by atoms with E-state index in [1.54, 1.807) is 24.3 Å². The molecule has 172 valence electrons. The molecule has 0 bridgehead atoms. The van der Waals surface area contributed by atoms with Crippen LogP contribution in [0.1, 0.15) is 17.5 Å². The van der Waals surface area contributed by atoms with Crippen molar-refractivity contribution >= 4 is 23.4 Å². The zero-order chi connectivity index (χ0) is 23.8. The first-order valence-corrected chi connectivity index (χ1v) is 9.78. The predicted octanol–water partition coefficient (Wildman–Crippen LogP) is 5.64. The standard InChI is InChI=1S/C23H20F3N3O4/c1-32-21(30)13-4-15-2-10-19(11-3-15)33-20-12-9-18(14-27-20)29-22(31)28-17-7-5-16(6-8-17)23(24,25)26/h2-3,5-12,14H,4,13H2,1H3,(H2,28,29,31). The third-order valence-corrected chi connectivity index (χ3v) is 4.46. The number of hydrogen-bond donors (Lipinski definition) is 2. The Hall–Kier alpha value is -4.08. The molecule has 0 radical (unpaired) electrons. The Morgan fingerprint density at radius 2 is 1.55 bits per heavy atom. The van der Waals surface area contributed by atoms with E-state index in [0.717, 1.165) is 29.8 Å². The minimum absolute atomic E-state index is 0.212. The van der Waals surface area contributed by atoms with Gasteiger partial charge in [-0.15, -0.1) is 0 Å². The number of urea groups is 1. The number of halogens is 3. The van der Waals surface area contributed by atoms with Gasteiger partial charge in [0.05, 0.1) is 24.6 Å². The lowest BCUT2D eigenvalue weighted by Gasteiger charge is -2.10. The molecule has 2 N–H and O–H groups in total. The number of ether oxygens (including phenoxy) is 2.